The maximum Gasteiger partial charge on any atom is 0.295 e. The molecule has 0 aliphatic carbocycles. The molecular weight excluding hydrogens is 378 g/mol. The Hall–Kier alpha value is -3.08. The molecule has 1 amide bonds. The second-order valence-corrected chi connectivity index (χ2v) is 7.66. The number of aliphatic hydroxyl groups excluding tert-OH is 1. The lowest BCUT2D eigenvalue weighted by atomic mass is 9.94. The number of likely N-dealkylation sites (tertiary alicyclic amines) is 1. The molecule has 0 aromatic heterocycles. The number of aryl methyl sites for hydroxylation is 1. The normalized spacial score (nSPS) is 18.1. The number of benzene rings is 2. The fourth-order valence-electron chi connectivity index (χ4n) is 3.90. The van der Waals surface area contributed by atoms with Crippen LogP contribution in [0.4, 0.5) is 0 Å². The maximum atomic E-state index is 13.0. The molecule has 0 saturated carbocycles. The molecule has 5 nitrogen and oxygen atoms in total. The van der Waals surface area contributed by atoms with Gasteiger partial charge in [-0.3, -0.25) is 9.59 Å². The Bertz CT molecular complexity index is 946. The number of methoxy groups -OCH3 is 1. The lowest BCUT2D eigenvalue weighted by molar-refractivity contribution is -0.139. The van der Waals surface area contributed by atoms with Crippen LogP contribution in [-0.2, 0) is 9.59 Å². The molecule has 1 heterocycles. The molecule has 1 atom stereocenters. The minimum atomic E-state index is -0.677. The fourth-order valence-corrected chi connectivity index (χ4v) is 3.90. The molecule has 30 heavy (non-hydrogen) atoms. The maximum absolute atomic E-state index is 13.0. The zero-order valence-electron chi connectivity index (χ0n) is 17.9. The van der Waals surface area contributed by atoms with Gasteiger partial charge in [0.15, 0.2) is 0 Å². The molecule has 1 saturated heterocycles. The van der Waals surface area contributed by atoms with E-state index >= 15 is 0 Å². The summed E-state index contributed by atoms with van der Waals surface area (Å²) in [5.74, 6) is -0.798. The molecule has 1 fully saturated rings. The SMILES string of the molecule is CCCCCCN1C(=O)C(=O)C(=C(O)c2ccc(C)cc2)[C@H]1c1ccccc1OC. The summed E-state index contributed by atoms with van der Waals surface area (Å²) >= 11 is 0. The van der Waals surface area contributed by atoms with Crippen LogP contribution in [0.15, 0.2) is 54.1 Å². The zero-order chi connectivity index (χ0) is 21.7. The van der Waals surface area contributed by atoms with Crippen molar-refractivity contribution in [2.75, 3.05) is 13.7 Å². The smallest absolute Gasteiger partial charge is 0.295 e. The van der Waals surface area contributed by atoms with Crippen molar-refractivity contribution in [3.63, 3.8) is 0 Å². The van der Waals surface area contributed by atoms with Crippen LogP contribution in [0.25, 0.3) is 5.76 Å². The predicted octanol–water partition coefficient (Wildman–Crippen LogP) is 5.01. The highest BCUT2D eigenvalue weighted by Gasteiger charge is 2.46. The van der Waals surface area contributed by atoms with E-state index in [1.54, 1.807) is 30.2 Å². The summed E-state index contributed by atoms with van der Waals surface area (Å²) in [6.45, 7) is 4.54. The van der Waals surface area contributed by atoms with Gasteiger partial charge in [0, 0.05) is 17.7 Å². The molecule has 0 radical (unpaired) electrons. The highest BCUT2D eigenvalue weighted by Crippen LogP contribution is 2.42. The van der Waals surface area contributed by atoms with Crippen molar-refractivity contribution in [2.24, 2.45) is 0 Å². The van der Waals surface area contributed by atoms with Gasteiger partial charge in [0.1, 0.15) is 11.5 Å². The van der Waals surface area contributed by atoms with Crippen molar-refractivity contribution >= 4 is 17.4 Å². The minimum absolute atomic E-state index is 0.115. The standard InChI is InChI=1S/C25H29NO4/c1-4-5-6-9-16-26-22(19-10-7-8-11-20(19)30-3)21(24(28)25(26)29)23(27)18-14-12-17(2)13-15-18/h7-8,10-15,22,27H,4-6,9,16H2,1-3H3/t22-/m1/s1. The number of amides is 1. The van der Waals surface area contributed by atoms with Gasteiger partial charge in [-0.25, -0.2) is 0 Å². The summed E-state index contributed by atoms with van der Waals surface area (Å²) in [4.78, 5) is 27.5. The highest BCUT2D eigenvalue weighted by molar-refractivity contribution is 6.46. The van der Waals surface area contributed by atoms with Crippen molar-refractivity contribution in [2.45, 2.75) is 45.6 Å². The molecule has 5 heteroatoms. The first kappa shape index (κ1) is 21.6. The van der Waals surface area contributed by atoms with E-state index in [0.29, 0.717) is 23.4 Å². The quantitative estimate of drug-likeness (QED) is 0.289. The van der Waals surface area contributed by atoms with E-state index in [1.165, 1.54) is 0 Å². The van der Waals surface area contributed by atoms with Gasteiger partial charge in [-0.1, -0.05) is 74.2 Å². The van der Waals surface area contributed by atoms with Crippen molar-refractivity contribution in [3.05, 3.63) is 70.8 Å². The highest BCUT2D eigenvalue weighted by atomic mass is 16.5. The Labute approximate surface area is 178 Å². The zero-order valence-corrected chi connectivity index (χ0v) is 17.9. The number of Topliss-reactive ketones (excluding diaryl/α,β-unsaturated/α-hetero) is 1. The van der Waals surface area contributed by atoms with Crippen LogP contribution in [0.1, 0.15) is 55.3 Å². The number of nitrogens with zero attached hydrogens (tertiary/aromatic N) is 1. The number of ketones is 1. The van der Waals surface area contributed by atoms with Gasteiger partial charge in [0.05, 0.1) is 18.7 Å². The first-order chi connectivity index (χ1) is 14.5. The van der Waals surface area contributed by atoms with Gasteiger partial charge in [-0.15, -0.1) is 0 Å². The molecule has 3 rings (SSSR count). The van der Waals surface area contributed by atoms with Crippen molar-refractivity contribution in [3.8, 4) is 5.75 Å². The van der Waals surface area contributed by atoms with Gasteiger partial charge in [-0.05, 0) is 19.4 Å². The van der Waals surface area contributed by atoms with E-state index in [2.05, 4.69) is 6.92 Å². The van der Waals surface area contributed by atoms with Crippen LogP contribution in [-0.4, -0.2) is 35.4 Å². The number of para-hydroxylation sites is 1. The van der Waals surface area contributed by atoms with Gasteiger partial charge >= 0.3 is 0 Å². The van der Waals surface area contributed by atoms with Crippen LogP contribution in [0.3, 0.4) is 0 Å². The number of aliphatic hydroxyl groups is 1. The summed E-state index contributed by atoms with van der Waals surface area (Å²) < 4.78 is 5.52. The lowest BCUT2D eigenvalue weighted by Crippen LogP contribution is -2.30. The summed E-state index contributed by atoms with van der Waals surface area (Å²) in [5.41, 5.74) is 2.38. The Morgan fingerprint density at radius 3 is 2.40 bits per heavy atom. The fraction of sp³-hybridized carbons (Fsp3) is 0.360. The number of carbonyl (C=O) groups is 2. The molecule has 2 aromatic carbocycles. The summed E-state index contributed by atoms with van der Waals surface area (Å²) in [5, 5.41) is 11.1. The van der Waals surface area contributed by atoms with Crippen molar-refractivity contribution in [1.82, 2.24) is 4.90 Å². The first-order valence-electron chi connectivity index (χ1n) is 10.5. The second-order valence-electron chi connectivity index (χ2n) is 7.66. The third-order valence-corrected chi connectivity index (χ3v) is 5.55. The number of carbonyl (C=O) groups excluding carboxylic acids is 2. The molecule has 1 aliphatic heterocycles. The average Bonchev–Trinajstić information content (AvgIpc) is 3.01. The number of hydrogen-bond acceptors (Lipinski definition) is 4. The van der Waals surface area contributed by atoms with E-state index in [0.717, 1.165) is 31.2 Å². The molecule has 0 bridgehead atoms. The Morgan fingerprint density at radius 2 is 1.73 bits per heavy atom. The first-order valence-corrected chi connectivity index (χ1v) is 10.5. The molecule has 2 aromatic rings. The van der Waals surface area contributed by atoms with Crippen molar-refractivity contribution < 1.29 is 19.4 Å². The van der Waals surface area contributed by atoms with Crippen molar-refractivity contribution in [1.29, 1.82) is 0 Å². The van der Waals surface area contributed by atoms with E-state index in [4.69, 9.17) is 4.74 Å². The van der Waals surface area contributed by atoms with Crippen LogP contribution in [0.5, 0.6) is 5.75 Å². The van der Waals surface area contributed by atoms with Crippen LogP contribution >= 0.6 is 0 Å². The minimum Gasteiger partial charge on any atom is -0.507 e. The predicted molar refractivity (Wildman–Crippen MR) is 117 cm³/mol. The Morgan fingerprint density at radius 1 is 1.03 bits per heavy atom. The average molecular weight is 408 g/mol. The van der Waals surface area contributed by atoms with Gasteiger partial charge < -0.3 is 14.7 Å². The molecular formula is C25H29NO4. The molecule has 1 N–H and O–H groups in total. The number of hydrogen-bond donors (Lipinski definition) is 1. The van der Waals surface area contributed by atoms with Gasteiger partial charge in [-0.2, -0.15) is 0 Å². The summed E-state index contributed by atoms with van der Waals surface area (Å²) in [6.07, 6.45) is 3.95. The summed E-state index contributed by atoms with van der Waals surface area (Å²) in [6, 6.07) is 13.9. The molecule has 0 unspecified atom stereocenters. The lowest BCUT2D eigenvalue weighted by Gasteiger charge is -2.26. The number of unbranched alkanes of at least 4 members (excludes halogenated alkanes) is 3. The monoisotopic (exact) mass is 407 g/mol. The Balaban J connectivity index is 2.11. The summed E-state index contributed by atoms with van der Waals surface area (Å²) in [7, 11) is 1.56. The van der Waals surface area contributed by atoms with E-state index in [9.17, 15) is 14.7 Å². The van der Waals surface area contributed by atoms with Crippen LogP contribution < -0.4 is 4.74 Å². The number of ether oxygens (including phenoxy) is 1. The number of rotatable bonds is 8. The Kier molecular flexibility index (Phi) is 6.93. The third-order valence-electron chi connectivity index (χ3n) is 5.55. The van der Waals surface area contributed by atoms with E-state index in [-0.39, 0.29) is 11.3 Å². The molecule has 1 aliphatic rings. The van der Waals surface area contributed by atoms with E-state index in [1.807, 2.05) is 37.3 Å². The van der Waals surface area contributed by atoms with Gasteiger partial charge in [0.25, 0.3) is 11.7 Å². The molecule has 158 valence electrons. The van der Waals surface area contributed by atoms with Gasteiger partial charge in [0.2, 0.25) is 0 Å². The molecule has 0 spiro atoms. The largest absolute Gasteiger partial charge is 0.507 e. The third kappa shape index (κ3) is 4.25. The van der Waals surface area contributed by atoms with E-state index < -0.39 is 17.7 Å². The van der Waals surface area contributed by atoms with Crippen LogP contribution in [0, 0.1) is 6.92 Å². The second kappa shape index (κ2) is 9.61. The topological polar surface area (TPSA) is 66.8 Å². The van der Waals surface area contributed by atoms with Crippen LogP contribution in [0.2, 0.25) is 0 Å².